The van der Waals surface area contributed by atoms with E-state index in [1.807, 2.05) is 31.2 Å². The summed E-state index contributed by atoms with van der Waals surface area (Å²) in [6.07, 6.45) is -4.06. The molecule has 1 unspecified atom stereocenters. The van der Waals surface area contributed by atoms with Crippen LogP contribution < -0.4 is 10.1 Å². The highest BCUT2D eigenvalue weighted by Crippen LogP contribution is 2.22. The summed E-state index contributed by atoms with van der Waals surface area (Å²) in [5, 5.41) is 3.21. The first-order valence-electron chi connectivity index (χ1n) is 6.34. The van der Waals surface area contributed by atoms with Crippen LogP contribution in [0.4, 0.5) is 13.2 Å². The summed E-state index contributed by atoms with van der Waals surface area (Å²) in [6.45, 7) is 2.55. The van der Waals surface area contributed by atoms with Gasteiger partial charge in [-0.05, 0) is 37.5 Å². The first kappa shape index (κ1) is 15.8. The van der Waals surface area contributed by atoms with Gasteiger partial charge in [0.05, 0.1) is 7.11 Å². The average molecular weight is 275 g/mol. The zero-order valence-corrected chi connectivity index (χ0v) is 11.3. The summed E-state index contributed by atoms with van der Waals surface area (Å²) in [7, 11) is 1.61. The fourth-order valence-corrected chi connectivity index (χ4v) is 1.75. The minimum absolute atomic E-state index is 0.0736. The second kappa shape index (κ2) is 7.38. The number of rotatable bonds is 7. The van der Waals surface area contributed by atoms with Crippen LogP contribution in [0.15, 0.2) is 24.3 Å². The molecule has 0 radical (unpaired) electrons. The van der Waals surface area contributed by atoms with Gasteiger partial charge in [-0.15, -0.1) is 0 Å². The van der Waals surface area contributed by atoms with Gasteiger partial charge in [-0.3, -0.25) is 0 Å². The van der Waals surface area contributed by atoms with Gasteiger partial charge in [0, 0.05) is 19.0 Å². The lowest BCUT2D eigenvalue weighted by Crippen LogP contribution is -2.25. The quantitative estimate of drug-likeness (QED) is 0.814. The third-order valence-electron chi connectivity index (χ3n) is 2.91. The Kier molecular flexibility index (Phi) is 6.15. The standard InChI is InChI=1S/C14H20F3NO/c1-11(4-3-9-14(15,16)17)18-10-12-5-7-13(19-2)8-6-12/h5-8,11,18H,3-4,9-10H2,1-2H3. The van der Waals surface area contributed by atoms with E-state index in [0.717, 1.165) is 11.3 Å². The van der Waals surface area contributed by atoms with Crippen LogP contribution in [0.3, 0.4) is 0 Å². The van der Waals surface area contributed by atoms with Gasteiger partial charge >= 0.3 is 6.18 Å². The van der Waals surface area contributed by atoms with Crippen LogP contribution in [-0.2, 0) is 6.54 Å². The van der Waals surface area contributed by atoms with E-state index in [2.05, 4.69) is 5.32 Å². The molecule has 1 aromatic rings. The maximum absolute atomic E-state index is 12.0. The molecule has 19 heavy (non-hydrogen) atoms. The monoisotopic (exact) mass is 275 g/mol. The largest absolute Gasteiger partial charge is 0.497 e. The maximum Gasteiger partial charge on any atom is 0.389 e. The molecule has 1 atom stereocenters. The Hall–Kier alpha value is -1.23. The Morgan fingerprint density at radius 3 is 2.37 bits per heavy atom. The summed E-state index contributed by atoms with van der Waals surface area (Å²) in [5.74, 6) is 0.793. The zero-order valence-electron chi connectivity index (χ0n) is 11.3. The van der Waals surface area contributed by atoms with Crippen molar-refractivity contribution >= 4 is 0 Å². The number of hydrogen-bond acceptors (Lipinski definition) is 2. The summed E-state index contributed by atoms with van der Waals surface area (Å²) in [4.78, 5) is 0. The molecule has 0 saturated carbocycles. The molecule has 0 saturated heterocycles. The molecule has 5 heteroatoms. The van der Waals surface area contributed by atoms with E-state index >= 15 is 0 Å². The Balaban J connectivity index is 2.23. The van der Waals surface area contributed by atoms with Crippen molar-refractivity contribution in [3.05, 3.63) is 29.8 Å². The number of nitrogens with one attached hydrogen (secondary N) is 1. The molecule has 0 spiro atoms. The molecule has 1 aromatic carbocycles. The molecule has 0 heterocycles. The smallest absolute Gasteiger partial charge is 0.389 e. The van der Waals surface area contributed by atoms with E-state index in [9.17, 15) is 13.2 Å². The zero-order chi connectivity index (χ0) is 14.3. The minimum atomic E-state index is -4.05. The van der Waals surface area contributed by atoms with Crippen LogP contribution >= 0.6 is 0 Å². The van der Waals surface area contributed by atoms with Gasteiger partial charge in [-0.25, -0.2) is 0 Å². The van der Waals surface area contributed by atoms with Crippen LogP contribution in [0, 0.1) is 0 Å². The number of ether oxygens (including phenoxy) is 1. The molecule has 0 fully saturated rings. The summed E-state index contributed by atoms with van der Waals surface area (Å²) >= 11 is 0. The van der Waals surface area contributed by atoms with Gasteiger partial charge in [0.2, 0.25) is 0 Å². The number of benzene rings is 1. The highest BCUT2D eigenvalue weighted by Gasteiger charge is 2.26. The highest BCUT2D eigenvalue weighted by atomic mass is 19.4. The average Bonchev–Trinajstić information content (AvgIpc) is 2.35. The molecule has 2 nitrogen and oxygen atoms in total. The molecule has 0 aromatic heterocycles. The molecule has 0 aliphatic heterocycles. The van der Waals surface area contributed by atoms with Crippen molar-refractivity contribution in [2.75, 3.05) is 7.11 Å². The molecule has 1 N–H and O–H groups in total. The predicted molar refractivity (Wildman–Crippen MR) is 69.2 cm³/mol. The van der Waals surface area contributed by atoms with Crippen molar-refractivity contribution < 1.29 is 17.9 Å². The fourth-order valence-electron chi connectivity index (χ4n) is 1.75. The lowest BCUT2D eigenvalue weighted by Gasteiger charge is -2.14. The predicted octanol–water partition coefficient (Wildman–Crippen LogP) is 3.91. The Labute approximate surface area is 112 Å². The second-order valence-electron chi connectivity index (χ2n) is 4.64. The van der Waals surface area contributed by atoms with Gasteiger partial charge in [0.15, 0.2) is 0 Å². The molecule has 0 bridgehead atoms. The van der Waals surface area contributed by atoms with Gasteiger partial charge in [0.25, 0.3) is 0 Å². The third-order valence-corrected chi connectivity index (χ3v) is 2.91. The summed E-state index contributed by atoms with van der Waals surface area (Å²) in [5.41, 5.74) is 1.09. The van der Waals surface area contributed by atoms with Crippen molar-refractivity contribution in [2.24, 2.45) is 0 Å². The first-order valence-corrected chi connectivity index (χ1v) is 6.34. The van der Waals surface area contributed by atoms with Crippen LogP contribution in [0.2, 0.25) is 0 Å². The van der Waals surface area contributed by atoms with Gasteiger partial charge in [-0.2, -0.15) is 13.2 Å². The number of halogens is 3. The van der Waals surface area contributed by atoms with Crippen molar-refractivity contribution in [3.8, 4) is 5.75 Å². The van der Waals surface area contributed by atoms with Gasteiger partial charge < -0.3 is 10.1 Å². The van der Waals surface area contributed by atoms with Crippen LogP contribution in [0.25, 0.3) is 0 Å². The molecule has 108 valence electrons. The third kappa shape index (κ3) is 7.06. The van der Waals surface area contributed by atoms with E-state index in [4.69, 9.17) is 4.74 Å². The molecular formula is C14H20F3NO. The van der Waals surface area contributed by atoms with Crippen molar-refractivity contribution in [2.45, 2.75) is 44.9 Å². The SMILES string of the molecule is COc1ccc(CNC(C)CCCC(F)(F)F)cc1. The number of hydrogen-bond donors (Lipinski definition) is 1. The second-order valence-corrected chi connectivity index (χ2v) is 4.64. The van der Waals surface area contributed by atoms with E-state index in [1.165, 1.54) is 0 Å². The molecular weight excluding hydrogens is 255 g/mol. The van der Waals surface area contributed by atoms with Crippen molar-refractivity contribution in [1.82, 2.24) is 5.32 Å². The number of alkyl halides is 3. The molecule has 0 aliphatic rings. The first-order chi connectivity index (χ1) is 8.90. The fraction of sp³-hybridized carbons (Fsp3) is 0.571. The van der Waals surface area contributed by atoms with Crippen LogP contribution in [-0.4, -0.2) is 19.3 Å². The highest BCUT2D eigenvalue weighted by molar-refractivity contribution is 5.26. The topological polar surface area (TPSA) is 21.3 Å². The van der Waals surface area contributed by atoms with Crippen LogP contribution in [0.1, 0.15) is 31.7 Å². The molecule has 0 amide bonds. The van der Waals surface area contributed by atoms with Crippen molar-refractivity contribution in [3.63, 3.8) is 0 Å². The Morgan fingerprint density at radius 1 is 1.21 bits per heavy atom. The van der Waals surface area contributed by atoms with E-state index in [1.54, 1.807) is 7.11 Å². The lowest BCUT2D eigenvalue weighted by atomic mass is 10.1. The van der Waals surface area contributed by atoms with Crippen LogP contribution in [0.5, 0.6) is 5.75 Å². The van der Waals surface area contributed by atoms with Crippen molar-refractivity contribution in [1.29, 1.82) is 0 Å². The van der Waals surface area contributed by atoms with Gasteiger partial charge in [-0.1, -0.05) is 12.1 Å². The Bertz CT molecular complexity index is 362. The van der Waals surface area contributed by atoms with E-state index < -0.39 is 12.6 Å². The Morgan fingerprint density at radius 2 is 1.84 bits per heavy atom. The van der Waals surface area contributed by atoms with Gasteiger partial charge in [0.1, 0.15) is 5.75 Å². The van der Waals surface area contributed by atoms with E-state index in [-0.39, 0.29) is 12.5 Å². The number of methoxy groups -OCH3 is 1. The maximum atomic E-state index is 12.0. The normalized spacial score (nSPS) is 13.3. The minimum Gasteiger partial charge on any atom is -0.497 e. The lowest BCUT2D eigenvalue weighted by molar-refractivity contribution is -0.135. The summed E-state index contributed by atoms with van der Waals surface area (Å²) in [6, 6.07) is 7.68. The van der Waals surface area contributed by atoms with E-state index in [0.29, 0.717) is 13.0 Å². The summed E-state index contributed by atoms with van der Waals surface area (Å²) < 4.78 is 41.0. The molecule has 1 rings (SSSR count). The molecule has 0 aliphatic carbocycles.